The molecule has 1 amide bonds. The highest BCUT2D eigenvalue weighted by Crippen LogP contribution is 2.25. The second-order valence-corrected chi connectivity index (χ2v) is 6.22. The van der Waals surface area contributed by atoms with Gasteiger partial charge in [-0.2, -0.15) is 5.10 Å². The molecule has 7 nitrogen and oxygen atoms in total. The number of ether oxygens (including phenoxy) is 1. The lowest BCUT2D eigenvalue weighted by atomic mass is 10.1. The molecular weight excluding hydrogens is 330 g/mol. The molecule has 0 bridgehead atoms. The standard InChI is InChI=1S/C19H19N5O2/c25-19(14-9-10-21-18(11-14)24-13-20-12-22-24)23-16-7-4-8-17(16)26-15-5-2-1-3-6-15/h1-3,5-6,9-13,16-17H,4,7-8H2,(H,23,25)/t16-,17-/m0/s1. The van der Waals surface area contributed by atoms with Gasteiger partial charge in [-0.1, -0.05) is 18.2 Å². The highest BCUT2D eigenvalue weighted by atomic mass is 16.5. The number of rotatable bonds is 5. The van der Waals surface area contributed by atoms with Gasteiger partial charge in [0.1, 0.15) is 24.5 Å². The molecule has 1 aliphatic carbocycles. The van der Waals surface area contributed by atoms with E-state index < -0.39 is 0 Å². The average molecular weight is 349 g/mol. The lowest BCUT2D eigenvalue weighted by molar-refractivity contribution is 0.0894. The van der Waals surface area contributed by atoms with Crippen molar-refractivity contribution in [3.63, 3.8) is 0 Å². The van der Waals surface area contributed by atoms with Crippen LogP contribution < -0.4 is 10.1 Å². The van der Waals surface area contributed by atoms with Crippen molar-refractivity contribution < 1.29 is 9.53 Å². The third-order valence-electron chi connectivity index (χ3n) is 4.46. The minimum atomic E-state index is -0.137. The Morgan fingerprint density at radius 3 is 2.88 bits per heavy atom. The Morgan fingerprint density at radius 1 is 1.19 bits per heavy atom. The zero-order chi connectivity index (χ0) is 17.8. The summed E-state index contributed by atoms with van der Waals surface area (Å²) in [5.41, 5.74) is 0.538. The number of benzene rings is 1. The number of hydrogen-bond donors (Lipinski definition) is 1. The molecule has 2 heterocycles. The van der Waals surface area contributed by atoms with Gasteiger partial charge in [-0.25, -0.2) is 14.6 Å². The summed E-state index contributed by atoms with van der Waals surface area (Å²) < 4.78 is 7.58. The van der Waals surface area contributed by atoms with E-state index in [4.69, 9.17) is 4.74 Å². The largest absolute Gasteiger partial charge is 0.488 e. The average Bonchev–Trinajstić information content (AvgIpc) is 3.35. The zero-order valence-corrected chi connectivity index (χ0v) is 14.2. The molecule has 132 valence electrons. The second kappa shape index (κ2) is 7.35. The maximum absolute atomic E-state index is 12.7. The predicted molar refractivity (Wildman–Crippen MR) is 95.1 cm³/mol. The predicted octanol–water partition coefficient (Wildman–Crippen LogP) is 2.39. The Balaban J connectivity index is 1.45. The zero-order valence-electron chi connectivity index (χ0n) is 14.2. The number of amides is 1. The third-order valence-corrected chi connectivity index (χ3v) is 4.46. The Labute approximate surface area is 151 Å². The molecule has 2 aromatic heterocycles. The molecule has 1 aromatic carbocycles. The monoisotopic (exact) mass is 349 g/mol. The summed E-state index contributed by atoms with van der Waals surface area (Å²) >= 11 is 0. The molecule has 4 rings (SSSR count). The number of hydrogen-bond acceptors (Lipinski definition) is 5. The van der Waals surface area contributed by atoms with Crippen molar-refractivity contribution in [2.45, 2.75) is 31.4 Å². The van der Waals surface area contributed by atoms with Crippen molar-refractivity contribution >= 4 is 5.91 Å². The molecule has 1 aliphatic rings. The first-order valence-corrected chi connectivity index (χ1v) is 8.63. The number of carbonyl (C=O) groups excluding carboxylic acids is 1. The molecule has 1 N–H and O–H groups in total. The molecule has 1 saturated carbocycles. The number of aromatic nitrogens is 4. The molecule has 7 heteroatoms. The molecule has 2 atom stereocenters. The number of pyridine rings is 1. The summed E-state index contributed by atoms with van der Waals surface area (Å²) in [6, 6.07) is 13.1. The highest BCUT2D eigenvalue weighted by Gasteiger charge is 2.30. The van der Waals surface area contributed by atoms with E-state index in [2.05, 4.69) is 20.4 Å². The van der Waals surface area contributed by atoms with Crippen LogP contribution >= 0.6 is 0 Å². The second-order valence-electron chi connectivity index (χ2n) is 6.22. The molecule has 0 saturated heterocycles. The summed E-state index contributed by atoms with van der Waals surface area (Å²) in [4.78, 5) is 20.8. The minimum Gasteiger partial charge on any atom is -0.488 e. The summed E-state index contributed by atoms with van der Waals surface area (Å²) in [6.07, 6.45) is 7.42. The molecule has 0 spiro atoms. The van der Waals surface area contributed by atoms with Crippen LogP contribution in [0.1, 0.15) is 29.6 Å². The van der Waals surface area contributed by atoms with Crippen molar-refractivity contribution in [1.29, 1.82) is 0 Å². The fourth-order valence-electron chi connectivity index (χ4n) is 3.17. The lowest BCUT2D eigenvalue weighted by Gasteiger charge is -2.22. The van der Waals surface area contributed by atoms with Gasteiger partial charge in [0, 0.05) is 11.8 Å². The quantitative estimate of drug-likeness (QED) is 0.765. The third kappa shape index (κ3) is 3.56. The van der Waals surface area contributed by atoms with E-state index in [1.165, 1.54) is 11.0 Å². The van der Waals surface area contributed by atoms with E-state index >= 15 is 0 Å². The van der Waals surface area contributed by atoms with Gasteiger partial charge >= 0.3 is 0 Å². The van der Waals surface area contributed by atoms with Gasteiger partial charge in [0.2, 0.25) is 0 Å². The molecule has 0 aliphatic heterocycles. The molecule has 1 fully saturated rings. The van der Waals surface area contributed by atoms with Crippen LogP contribution in [0.25, 0.3) is 5.82 Å². The van der Waals surface area contributed by atoms with Crippen LogP contribution in [0.15, 0.2) is 61.3 Å². The van der Waals surface area contributed by atoms with E-state index in [1.807, 2.05) is 30.3 Å². The molecule has 3 aromatic rings. The SMILES string of the molecule is O=C(N[C@H]1CCC[C@@H]1Oc1ccccc1)c1ccnc(-n2cncn2)c1. The summed E-state index contributed by atoms with van der Waals surface area (Å²) in [7, 11) is 0. The van der Waals surface area contributed by atoms with Gasteiger partial charge in [0.15, 0.2) is 5.82 Å². The van der Waals surface area contributed by atoms with E-state index in [-0.39, 0.29) is 18.1 Å². The van der Waals surface area contributed by atoms with E-state index in [0.717, 1.165) is 25.0 Å². The number of nitrogens with zero attached hydrogens (tertiary/aromatic N) is 4. The smallest absolute Gasteiger partial charge is 0.251 e. The fourth-order valence-corrected chi connectivity index (χ4v) is 3.17. The van der Waals surface area contributed by atoms with Crippen LogP contribution in [0.2, 0.25) is 0 Å². The van der Waals surface area contributed by atoms with E-state index in [9.17, 15) is 4.79 Å². The maximum Gasteiger partial charge on any atom is 0.251 e. The van der Waals surface area contributed by atoms with E-state index in [1.54, 1.807) is 24.7 Å². The first-order chi connectivity index (χ1) is 12.8. The van der Waals surface area contributed by atoms with Crippen LogP contribution in [0, 0.1) is 0 Å². The Bertz CT molecular complexity index is 867. The van der Waals surface area contributed by atoms with Gasteiger partial charge in [0.25, 0.3) is 5.91 Å². The molecule has 0 unspecified atom stereocenters. The van der Waals surface area contributed by atoms with Crippen LogP contribution in [0.3, 0.4) is 0 Å². The summed E-state index contributed by atoms with van der Waals surface area (Å²) in [6.45, 7) is 0. The van der Waals surface area contributed by atoms with Crippen molar-refractivity contribution in [2.75, 3.05) is 0 Å². The molecular formula is C19H19N5O2. The molecule has 26 heavy (non-hydrogen) atoms. The first-order valence-electron chi connectivity index (χ1n) is 8.63. The molecule has 0 radical (unpaired) electrons. The van der Waals surface area contributed by atoms with Crippen LogP contribution in [-0.4, -0.2) is 37.8 Å². The lowest BCUT2D eigenvalue weighted by Crippen LogP contribution is -2.42. The van der Waals surface area contributed by atoms with Gasteiger partial charge in [-0.05, 0) is 43.5 Å². The summed E-state index contributed by atoms with van der Waals surface area (Å²) in [5, 5.41) is 7.14. The fraction of sp³-hybridized carbons (Fsp3) is 0.263. The van der Waals surface area contributed by atoms with Crippen molar-refractivity contribution in [3.05, 3.63) is 66.9 Å². The van der Waals surface area contributed by atoms with Gasteiger partial charge in [0.05, 0.1) is 6.04 Å². The number of nitrogens with one attached hydrogen (secondary N) is 1. The minimum absolute atomic E-state index is 0.00862. The van der Waals surface area contributed by atoms with Crippen molar-refractivity contribution in [1.82, 2.24) is 25.1 Å². The van der Waals surface area contributed by atoms with E-state index in [0.29, 0.717) is 11.4 Å². The van der Waals surface area contributed by atoms with Crippen LogP contribution in [0.5, 0.6) is 5.75 Å². The number of carbonyl (C=O) groups is 1. The highest BCUT2D eigenvalue weighted by molar-refractivity contribution is 5.94. The van der Waals surface area contributed by atoms with Gasteiger partial charge in [-0.15, -0.1) is 0 Å². The Hall–Kier alpha value is -3.22. The van der Waals surface area contributed by atoms with Crippen LogP contribution in [0.4, 0.5) is 0 Å². The topological polar surface area (TPSA) is 81.9 Å². The Morgan fingerprint density at radius 2 is 2.08 bits per heavy atom. The first kappa shape index (κ1) is 16.3. The normalized spacial score (nSPS) is 19.2. The van der Waals surface area contributed by atoms with Gasteiger partial charge < -0.3 is 10.1 Å². The van der Waals surface area contributed by atoms with Crippen molar-refractivity contribution in [3.8, 4) is 11.6 Å². The van der Waals surface area contributed by atoms with Crippen molar-refractivity contribution in [2.24, 2.45) is 0 Å². The Kier molecular flexibility index (Phi) is 4.59. The summed E-state index contributed by atoms with van der Waals surface area (Å²) in [5.74, 6) is 1.25. The number of para-hydroxylation sites is 1. The van der Waals surface area contributed by atoms with Gasteiger partial charge in [-0.3, -0.25) is 4.79 Å². The maximum atomic E-state index is 12.7. The van der Waals surface area contributed by atoms with Crippen LogP contribution in [-0.2, 0) is 0 Å².